The Hall–Kier alpha value is -3.67. The van der Waals surface area contributed by atoms with Gasteiger partial charge in [-0.25, -0.2) is 0 Å². The van der Waals surface area contributed by atoms with Crippen molar-refractivity contribution < 1.29 is 14.3 Å². The van der Waals surface area contributed by atoms with Crippen molar-refractivity contribution in [1.82, 2.24) is 15.6 Å². The number of aryl methyl sites for hydroxylation is 2. The van der Waals surface area contributed by atoms with Crippen molar-refractivity contribution in [3.8, 4) is 5.75 Å². The van der Waals surface area contributed by atoms with Crippen molar-refractivity contribution in [2.45, 2.75) is 27.0 Å². The minimum atomic E-state index is -0.296. The zero-order valence-electron chi connectivity index (χ0n) is 17.1. The van der Waals surface area contributed by atoms with Crippen LogP contribution >= 0.6 is 0 Å². The average molecular weight is 403 g/mol. The summed E-state index contributed by atoms with van der Waals surface area (Å²) in [5, 5.41) is 5.46. The molecule has 1 heterocycles. The number of ether oxygens (including phenoxy) is 1. The third kappa shape index (κ3) is 5.91. The molecule has 3 aromatic rings. The molecule has 0 unspecified atom stereocenters. The summed E-state index contributed by atoms with van der Waals surface area (Å²) in [6.45, 7) is 4.55. The van der Waals surface area contributed by atoms with Crippen molar-refractivity contribution in [3.63, 3.8) is 0 Å². The first-order valence-electron chi connectivity index (χ1n) is 9.74. The molecule has 0 radical (unpaired) electrons. The van der Waals surface area contributed by atoms with Crippen LogP contribution in [0.5, 0.6) is 5.75 Å². The number of carbonyl (C=O) groups is 2. The third-order valence-corrected chi connectivity index (χ3v) is 4.57. The Kier molecular flexibility index (Phi) is 7.16. The van der Waals surface area contributed by atoms with Crippen molar-refractivity contribution in [2.24, 2.45) is 0 Å². The molecule has 30 heavy (non-hydrogen) atoms. The molecule has 0 aliphatic rings. The zero-order chi connectivity index (χ0) is 21.3. The van der Waals surface area contributed by atoms with Gasteiger partial charge in [0.25, 0.3) is 5.91 Å². The van der Waals surface area contributed by atoms with Crippen molar-refractivity contribution in [3.05, 3.63) is 94.8 Å². The fourth-order valence-electron chi connectivity index (χ4n) is 3.07. The number of hydrogen-bond donors (Lipinski definition) is 2. The Morgan fingerprint density at radius 2 is 1.63 bits per heavy atom. The van der Waals surface area contributed by atoms with Crippen molar-refractivity contribution >= 4 is 11.8 Å². The van der Waals surface area contributed by atoms with Gasteiger partial charge in [-0.1, -0.05) is 36.4 Å². The van der Waals surface area contributed by atoms with E-state index in [-0.39, 0.29) is 18.4 Å². The lowest BCUT2D eigenvalue weighted by Crippen LogP contribution is -2.36. The van der Waals surface area contributed by atoms with Crippen LogP contribution in [0, 0.1) is 13.8 Å². The summed E-state index contributed by atoms with van der Waals surface area (Å²) in [7, 11) is 0. The number of amides is 2. The van der Waals surface area contributed by atoms with Crippen LogP contribution in [-0.4, -0.2) is 23.3 Å². The van der Waals surface area contributed by atoms with E-state index in [1.807, 2.05) is 56.3 Å². The van der Waals surface area contributed by atoms with Crippen LogP contribution in [0.2, 0.25) is 0 Å². The number of nitrogens with zero attached hydrogens (tertiary/aromatic N) is 1. The Balaban J connectivity index is 1.53. The zero-order valence-corrected chi connectivity index (χ0v) is 17.1. The summed E-state index contributed by atoms with van der Waals surface area (Å²) >= 11 is 0. The maximum atomic E-state index is 12.5. The SMILES string of the molecule is Cc1cc(C(=O)NCC(=O)NCc2ccccc2)cc(C)c1OCc1cccnc1. The van der Waals surface area contributed by atoms with Gasteiger partial charge in [-0.15, -0.1) is 0 Å². The fraction of sp³-hybridized carbons (Fsp3) is 0.208. The second-order valence-electron chi connectivity index (χ2n) is 7.03. The van der Waals surface area contributed by atoms with E-state index in [4.69, 9.17) is 4.74 Å². The summed E-state index contributed by atoms with van der Waals surface area (Å²) in [5.74, 6) is 0.211. The van der Waals surface area contributed by atoms with E-state index in [2.05, 4.69) is 15.6 Å². The van der Waals surface area contributed by atoms with E-state index in [0.717, 1.165) is 28.0 Å². The van der Waals surface area contributed by atoms with E-state index >= 15 is 0 Å². The third-order valence-electron chi connectivity index (χ3n) is 4.57. The molecule has 0 aliphatic heterocycles. The van der Waals surface area contributed by atoms with Gasteiger partial charge in [0.05, 0.1) is 6.54 Å². The molecule has 1 aromatic heterocycles. The van der Waals surface area contributed by atoms with Crippen LogP contribution in [-0.2, 0) is 17.9 Å². The van der Waals surface area contributed by atoms with Crippen LogP contribution in [0.3, 0.4) is 0 Å². The Morgan fingerprint density at radius 1 is 0.933 bits per heavy atom. The number of carbonyl (C=O) groups excluding carboxylic acids is 2. The smallest absolute Gasteiger partial charge is 0.251 e. The second kappa shape index (κ2) is 10.2. The highest BCUT2D eigenvalue weighted by Crippen LogP contribution is 2.25. The molecule has 0 aliphatic carbocycles. The van der Waals surface area contributed by atoms with Crippen molar-refractivity contribution in [2.75, 3.05) is 6.54 Å². The van der Waals surface area contributed by atoms with Crippen LogP contribution in [0.1, 0.15) is 32.6 Å². The lowest BCUT2D eigenvalue weighted by molar-refractivity contribution is -0.120. The highest BCUT2D eigenvalue weighted by molar-refractivity contribution is 5.97. The first-order valence-corrected chi connectivity index (χ1v) is 9.74. The lowest BCUT2D eigenvalue weighted by Gasteiger charge is -2.14. The first-order chi connectivity index (χ1) is 14.5. The van der Waals surface area contributed by atoms with Gasteiger partial charge in [0.15, 0.2) is 0 Å². The Labute approximate surface area is 176 Å². The average Bonchev–Trinajstić information content (AvgIpc) is 2.76. The second-order valence-corrected chi connectivity index (χ2v) is 7.03. The molecule has 6 nitrogen and oxygen atoms in total. The highest BCUT2D eigenvalue weighted by atomic mass is 16.5. The molecule has 0 fully saturated rings. The standard InChI is InChI=1S/C24H25N3O3/c1-17-11-21(12-18(2)23(17)30-16-20-9-6-10-25-13-20)24(29)27-15-22(28)26-14-19-7-4-3-5-8-19/h3-13H,14-16H2,1-2H3,(H,26,28)(H,27,29). The van der Waals surface area contributed by atoms with E-state index in [9.17, 15) is 9.59 Å². The van der Waals surface area contributed by atoms with Crippen LogP contribution in [0.25, 0.3) is 0 Å². The van der Waals surface area contributed by atoms with Gasteiger partial charge in [0, 0.05) is 30.1 Å². The lowest BCUT2D eigenvalue weighted by atomic mass is 10.0. The van der Waals surface area contributed by atoms with E-state index < -0.39 is 0 Å². The molecule has 2 amide bonds. The van der Waals surface area contributed by atoms with Crippen LogP contribution < -0.4 is 15.4 Å². The van der Waals surface area contributed by atoms with Gasteiger partial charge in [0.2, 0.25) is 5.91 Å². The van der Waals surface area contributed by atoms with Gasteiger partial charge >= 0.3 is 0 Å². The predicted octanol–water partition coefficient (Wildman–Crippen LogP) is 3.32. The highest BCUT2D eigenvalue weighted by Gasteiger charge is 2.13. The van der Waals surface area contributed by atoms with Crippen LogP contribution in [0.15, 0.2) is 67.0 Å². The Bertz CT molecular complexity index is 982. The summed E-state index contributed by atoms with van der Waals surface area (Å²) in [4.78, 5) is 28.6. The predicted molar refractivity (Wildman–Crippen MR) is 115 cm³/mol. The van der Waals surface area contributed by atoms with Gasteiger partial charge in [-0.2, -0.15) is 0 Å². The molecule has 0 atom stereocenters. The Morgan fingerprint density at radius 3 is 2.30 bits per heavy atom. The van der Waals surface area contributed by atoms with Gasteiger partial charge in [-0.3, -0.25) is 14.6 Å². The number of pyridine rings is 1. The normalized spacial score (nSPS) is 10.3. The molecular formula is C24H25N3O3. The first kappa shape index (κ1) is 21.0. The minimum Gasteiger partial charge on any atom is -0.488 e. The number of aromatic nitrogens is 1. The molecule has 0 saturated carbocycles. The summed E-state index contributed by atoms with van der Waals surface area (Å²) in [5.41, 5.74) is 4.19. The molecule has 0 saturated heterocycles. The maximum Gasteiger partial charge on any atom is 0.251 e. The molecule has 2 N–H and O–H groups in total. The molecule has 0 spiro atoms. The van der Waals surface area contributed by atoms with Gasteiger partial charge in [-0.05, 0) is 48.7 Å². The minimum absolute atomic E-state index is 0.0803. The summed E-state index contributed by atoms with van der Waals surface area (Å²) in [6.07, 6.45) is 3.48. The quantitative estimate of drug-likeness (QED) is 0.605. The molecule has 154 valence electrons. The number of nitrogens with one attached hydrogen (secondary N) is 2. The maximum absolute atomic E-state index is 12.5. The molecule has 2 aromatic carbocycles. The van der Waals surface area contributed by atoms with Gasteiger partial charge in [0.1, 0.15) is 12.4 Å². The van der Waals surface area contributed by atoms with Crippen LogP contribution in [0.4, 0.5) is 0 Å². The monoisotopic (exact) mass is 403 g/mol. The molecule has 3 rings (SSSR count). The number of benzene rings is 2. The number of rotatable bonds is 8. The van der Waals surface area contributed by atoms with E-state index in [1.54, 1.807) is 24.5 Å². The summed E-state index contributed by atoms with van der Waals surface area (Å²) < 4.78 is 5.92. The van der Waals surface area contributed by atoms with E-state index in [1.165, 1.54) is 0 Å². The van der Waals surface area contributed by atoms with Crippen molar-refractivity contribution in [1.29, 1.82) is 0 Å². The van der Waals surface area contributed by atoms with Gasteiger partial charge < -0.3 is 15.4 Å². The largest absolute Gasteiger partial charge is 0.488 e. The summed E-state index contributed by atoms with van der Waals surface area (Å²) in [6, 6.07) is 17.0. The fourth-order valence-corrected chi connectivity index (χ4v) is 3.07. The van der Waals surface area contributed by atoms with E-state index in [0.29, 0.717) is 18.7 Å². The molecular weight excluding hydrogens is 378 g/mol. The molecule has 6 heteroatoms. The number of hydrogen-bond acceptors (Lipinski definition) is 4. The topological polar surface area (TPSA) is 80.3 Å². The molecule has 0 bridgehead atoms.